The Balaban J connectivity index is 1.12. The Hall–Kier alpha value is -5.51. The van der Waals surface area contributed by atoms with Crippen LogP contribution >= 0.6 is 11.3 Å². The van der Waals surface area contributed by atoms with Crippen molar-refractivity contribution in [3.05, 3.63) is 178 Å². The highest BCUT2D eigenvalue weighted by Crippen LogP contribution is 2.51. The van der Waals surface area contributed by atoms with Crippen LogP contribution in [0.25, 0.3) is 54.9 Å². The van der Waals surface area contributed by atoms with E-state index in [1.807, 2.05) is 11.3 Å². The molecule has 0 amide bonds. The monoisotopic (exact) mass is 660 g/mol. The third-order valence-corrected chi connectivity index (χ3v) is 12.3. The van der Waals surface area contributed by atoms with Crippen molar-refractivity contribution >= 4 is 49.8 Å². The Bertz CT molecular complexity index is 2580. The van der Waals surface area contributed by atoms with E-state index in [4.69, 9.17) is 4.99 Å². The standard InChI is InChI=1S/C47H36N2S/c1-47(2)39-21-12-18-35-32(37-19-11-20-38-34-17-9-10-22-43(34)50-45(37)38)25-26-36(44(35)39)33-24-23-31(27-40(33)47)46-48-41(29-13-5-3-6-14-29)28-42(49-46)30-15-7-4-8-16-30/h3-8,10-16,18-28,41H,9,17H2,1-2H3,(H,48,49). The van der Waals surface area contributed by atoms with Crippen molar-refractivity contribution in [3.8, 4) is 22.3 Å². The van der Waals surface area contributed by atoms with Crippen LogP contribution in [0.2, 0.25) is 0 Å². The van der Waals surface area contributed by atoms with Gasteiger partial charge in [-0.1, -0.05) is 141 Å². The summed E-state index contributed by atoms with van der Waals surface area (Å²) in [5, 5.41) is 7.92. The van der Waals surface area contributed by atoms with Gasteiger partial charge in [-0.2, -0.15) is 0 Å². The van der Waals surface area contributed by atoms with Gasteiger partial charge >= 0.3 is 0 Å². The minimum absolute atomic E-state index is 0.0187. The molecule has 1 unspecified atom stereocenters. The number of allylic oxidation sites excluding steroid dienone is 1. The zero-order chi connectivity index (χ0) is 33.4. The Labute approximate surface area is 297 Å². The van der Waals surface area contributed by atoms with Crippen LogP contribution in [0.1, 0.15) is 64.6 Å². The lowest BCUT2D eigenvalue weighted by atomic mass is 9.67. The van der Waals surface area contributed by atoms with Crippen LogP contribution < -0.4 is 5.32 Å². The normalized spacial score (nSPS) is 17.1. The van der Waals surface area contributed by atoms with Crippen molar-refractivity contribution in [2.75, 3.05) is 0 Å². The quantitative estimate of drug-likeness (QED) is 0.200. The fourth-order valence-corrected chi connectivity index (χ4v) is 9.79. The summed E-state index contributed by atoms with van der Waals surface area (Å²) in [6, 6.07) is 46.8. The average Bonchev–Trinajstić information content (AvgIpc) is 3.56. The lowest BCUT2D eigenvalue weighted by Crippen LogP contribution is -2.32. The molecule has 0 bridgehead atoms. The fourth-order valence-electron chi connectivity index (χ4n) is 8.48. The zero-order valence-electron chi connectivity index (χ0n) is 28.2. The van der Waals surface area contributed by atoms with E-state index in [0.29, 0.717) is 0 Å². The van der Waals surface area contributed by atoms with Crippen molar-refractivity contribution in [1.82, 2.24) is 5.32 Å². The Morgan fingerprint density at radius 2 is 1.44 bits per heavy atom. The van der Waals surface area contributed by atoms with Gasteiger partial charge in [0.15, 0.2) is 0 Å². The van der Waals surface area contributed by atoms with Gasteiger partial charge < -0.3 is 5.32 Å². The van der Waals surface area contributed by atoms with Crippen LogP contribution in [0.5, 0.6) is 0 Å². The summed E-state index contributed by atoms with van der Waals surface area (Å²) in [5.74, 6) is 0.903. The third-order valence-electron chi connectivity index (χ3n) is 11.0. The summed E-state index contributed by atoms with van der Waals surface area (Å²) in [5.41, 5.74) is 13.7. The molecule has 1 aromatic heterocycles. The van der Waals surface area contributed by atoms with E-state index < -0.39 is 0 Å². The molecule has 1 atom stereocenters. The van der Waals surface area contributed by atoms with Crippen molar-refractivity contribution in [3.63, 3.8) is 0 Å². The van der Waals surface area contributed by atoms with E-state index in [2.05, 4.69) is 165 Å². The second-order valence-electron chi connectivity index (χ2n) is 14.3. The summed E-state index contributed by atoms with van der Waals surface area (Å²) in [4.78, 5) is 6.66. The first kappa shape index (κ1) is 29.4. The van der Waals surface area contributed by atoms with Gasteiger partial charge in [0.1, 0.15) is 5.84 Å². The van der Waals surface area contributed by atoms with Crippen LogP contribution in [-0.2, 0) is 11.8 Å². The molecule has 6 aromatic carbocycles. The molecule has 1 N–H and O–H groups in total. The minimum atomic E-state index is -0.207. The number of fused-ring (bicyclic) bond motifs is 5. The molecular weight excluding hydrogens is 625 g/mol. The number of aryl methyl sites for hydroxylation is 1. The number of thiophene rings is 1. The number of amidine groups is 1. The van der Waals surface area contributed by atoms with Gasteiger partial charge in [0.05, 0.1) is 11.7 Å². The maximum Gasteiger partial charge on any atom is 0.134 e. The number of nitrogens with one attached hydrogen (secondary N) is 1. The first-order chi connectivity index (χ1) is 24.5. The summed E-state index contributed by atoms with van der Waals surface area (Å²) < 4.78 is 1.41. The molecular formula is C47H36N2S. The van der Waals surface area contributed by atoms with Crippen molar-refractivity contribution < 1.29 is 0 Å². The molecule has 50 heavy (non-hydrogen) atoms. The smallest absolute Gasteiger partial charge is 0.134 e. The predicted octanol–water partition coefficient (Wildman–Crippen LogP) is 12.1. The molecule has 0 saturated heterocycles. The molecule has 0 spiro atoms. The molecule has 1 aliphatic heterocycles. The van der Waals surface area contributed by atoms with Crippen LogP contribution in [-0.4, -0.2) is 5.84 Å². The SMILES string of the molecule is CC1(C)c2cc(C3=NC(c4ccccc4)=CC(c4ccccc4)N3)ccc2-c2ccc(-c3cccc4c5c(sc34)C=CCC5)c3cccc1c23. The minimum Gasteiger partial charge on any atom is -0.359 e. The van der Waals surface area contributed by atoms with Gasteiger partial charge in [-0.05, 0) is 91.7 Å². The average molecular weight is 661 g/mol. The second kappa shape index (κ2) is 11.3. The van der Waals surface area contributed by atoms with E-state index in [1.165, 1.54) is 70.2 Å². The molecule has 2 heterocycles. The first-order valence-corrected chi connectivity index (χ1v) is 18.5. The first-order valence-electron chi connectivity index (χ1n) is 17.6. The van der Waals surface area contributed by atoms with Crippen LogP contribution in [0, 0.1) is 0 Å². The number of rotatable bonds is 4. The van der Waals surface area contributed by atoms with Gasteiger partial charge in [0, 0.05) is 26.1 Å². The molecule has 10 rings (SSSR count). The van der Waals surface area contributed by atoms with E-state index in [-0.39, 0.29) is 11.5 Å². The molecule has 0 radical (unpaired) electrons. The highest BCUT2D eigenvalue weighted by molar-refractivity contribution is 7.20. The number of hydrogen-bond donors (Lipinski definition) is 1. The Morgan fingerprint density at radius 3 is 2.30 bits per heavy atom. The van der Waals surface area contributed by atoms with Crippen LogP contribution in [0.3, 0.4) is 0 Å². The lowest BCUT2D eigenvalue weighted by Gasteiger charge is -2.36. The van der Waals surface area contributed by atoms with Crippen molar-refractivity contribution in [2.24, 2.45) is 4.99 Å². The molecule has 2 nitrogen and oxygen atoms in total. The lowest BCUT2D eigenvalue weighted by molar-refractivity contribution is 0.645. The summed E-state index contributed by atoms with van der Waals surface area (Å²) >= 11 is 1.95. The van der Waals surface area contributed by atoms with Crippen LogP contribution in [0.15, 0.2) is 145 Å². The zero-order valence-corrected chi connectivity index (χ0v) is 29.0. The molecule has 2 aliphatic carbocycles. The molecule has 3 aliphatic rings. The van der Waals surface area contributed by atoms with E-state index in [0.717, 1.165) is 35.5 Å². The molecule has 240 valence electrons. The topological polar surface area (TPSA) is 24.4 Å². The van der Waals surface area contributed by atoms with E-state index in [9.17, 15) is 0 Å². The Kier molecular flexibility index (Phi) is 6.63. The number of benzene rings is 6. The van der Waals surface area contributed by atoms with E-state index >= 15 is 0 Å². The third kappa shape index (κ3) is 4.50. The largest absolute Gasteiger partial charge is 0.359 e. The van der Waals surface area contributed by atoms with E-state index in [1.54, 1.807) is 0 Å². The molecule has 3 heteroatoms. The van der Waals surface area contributed by atoms with Gasteiger partial charge in [0.25, 0.3) is 0 Å². The molecule has 0 fully saturated rings. The molecule has 0 saturated carbocycles. The number of hydrogen-bond acceptors (Lipinski definition) is 3. The van der Waals surface area contributed by atoms with Gasteiger partial charge in [-0.25, -0.2) is 4.99 Å². The summed E-state index contributed by atoms with van der Waals surface area (Å²) in [7, 11) is 0. The van der Waals surface area contributed by atoms with Crippen molar-refractivity contribution in [1.29, 1.82) is 0 Å². The number of aliphatic imine (C=N–C) groups is 1. The van der Waals surface area contributed by atoms with Crippen molar-refractivity contribution in [2.45, 2.75) is 38.1 Å². The summed E-state index contributed by atoms with van der Waals surface area (Å²) in [6.07, 6.45) is 9.15. The fraction of sp³-hybridized carbons (Fsp3) is 0.128. The van der Waals surface area contributed by atoms with Gasteiger partial charge in [0.2, 0.25) is 0 Å². The predicted molar refractivity (Wildman–Crippen MR) is 213 cm³/mol. The number of nitrogens with zero attached hydrogens (tertiary/aromatic N) is 1. The van der Waals surface area contributed by atoms with Crippen LogP contribution in [0.4, 0.5) is 0 Å². The Morgan fingerprint density at radius 1 is 0.680 bits per heavy atom. The highest BCUT2D eigenvalue weighted by Gasteiger charge is 2.35. The maximum absolute atomic E-state index is 5.24. The van der Waals surface area contributed by atoms with Gasteiger partial charge in [-0.3, -0.25) is 0 Å². The highest BCUT2D eigenvalue weighted by atomic mass is 32.1. The summed E-state index contributed by atoms with van der Waals surface area (Å²) in [6.45, 7) is 4.77. The van der Waals surface area contributed by atoms with Gasteiger partial charge in [-0.15, -0.1) is 11.3 Å². The second-order valence-corrected chi connectivity index (χ2v) is 15.3. The molecule has 7 aromatic rings. The maximum atomic E-state index is 5.24.